The fourth-order valence-corrected chi connectivity index (χ4v) is 4.03. The molecular formula is C18H21Cl2N3O4. The Morgan fingerprint density at radius 3 is 2.70 bits per heavy atom. The maximum absolute atomic E-state index is 13.1. The first-order valence-corrected chi connectivity index (χ1v) is 9.58. The van der Waals surface area contributed by atoms with Crippen LogP contribution in [0.4, 0.5) is 10.5 Å². The number of hydrogen-bond acceptors (Lipinski definition) is 4. The summed E-state index contributed by atoms with van der Waals surface area (Å²) >= 11 is 11.9. The van der Waals surface area contributed by atoms with Gasteiger partial charge in [-0.2, -0.15) is 0 Å². The highest BCUT2D eigenvalue weighted by Gasteiger charge is 2.46. The lowest BCUT2D eigenvalue weighted by molar-refractivity contribution is -0.146. The molecule has 0 spiro atoms. The molecular weight excluding hydrogens is 393 g/mol. The Hall–Kier alpha value is -1.99. The molecule has 1 aliphatic carbocycles. The van der Waals surface area contributed by atoms with Gasteiger partial charge in [-0.1, -0.05) is 36.0 Å². The zero-order chi connectivity index (χ0) is 19.6. The number of anilines is 1. The van der Waals surface area contributed by atoms with Crippen molar-refractivity contribution < 1.29 is 19.1 Å². The number of piperazine rings is 1. The van der Waals surface area contributed by atoms with Crippen molar-refractivity contribution in [1.82, 2.24) is 10.2 Å². The summed E-state index contributed by atoms with van der Waals surface area (Å²) in [6, 6.07) is 3.10. The number of ether oxygens (including phenoxy) is 1. The number of hydrogen-bond donors (Lipinski definition) is 2. The van der Waals surface area contributed by atoms with Crippen LogP contribution in [0.5, 0.6) is 0 Å². The Morgan fingerprint density at radius 1 is 1.26 bits per heavy atom. The van der Waals surface area contributed by atoms with Crippen molar-refractivity contribution >= 4 is 46.8 Å². The van der Waals surface area contributed by atoms with Crippen LogP contribution in [0, 0.1) is 0 Å². The van der Waals surface area contributed by atoms with E-state index in [0.717, 1.165) is 25.7 Å². The summed E-state index contributed by atoms with van der Waals surface area (Å²) in [6.07, 6.45) is 3.32. The number of carbonyl (C=O) groups excluding carboxylic acids is 3. The third-order valence-corrected chi connectivity index (χ3v) is 5.78. The molecule has 0 bridgehead atoms. The fraction of sp³-hybridized carbons (Fsp3) is 0.500. The summed E-state index contributed by atoms with van der Waals surface area (Å²) < 4.78 is 4.70. The van der Waals surface area contributed by atoms with Gasteiger partial charge in [0.05, 0.1) is 29.6 Å². The van der Waals surface area contributed by atoms with Crippen LogP contribution in [0.15, 0.2) is 18.2 Å². The van der Waals surface area contributed by atoms with E-state index in [1.54, 1.807) is 18.2 Å². The van der Waals surface area contributed by atoms with Crippen LogP contribution in [0.25, 0.3) is 0 Å². The number of esters is 1. The van der Waals surface area contributed by atoms with E-state index in [-0.39, 0.29) is 24.4 Å². The van der Waals surface area contributed by atoms with Crippen LogP contribution in [0.1, 0.15) is 32.1 Å². The number of methoxy groups -OCH3 is 1. The summed E-state index contributed by atoms with van der Waals surface area (Å²) in [5, 5.41) is 6.41. The van der Waals surface area contributed by atoms with Gasteiger partial charge in [-0.15, -0.1) is 0 Å². The minimum Gasteiger partial charge on any atom is -0.469 e. The second kappa shape index (κ2) is 8.35. The lowest BCUT2D eigenvalue weighted by Gasteiger charge is -2.47. The van der Waals surface area contributed by atoms with E-state index >= 15 is 0 Å². The van der Waals surface area contributed by atoms with Crippen molar-refractivity contribution in [2.75, 3.05) is 12.4 Å². The van der Waals surface area contributed by atoms with Crippen LogP contribution in [0.2, 0.25) is 10.0 Å². The predicted molar refractivity (Wildman–Crippen MR) is 102 cm³/mol. The highest BCUT2D eigenvalue weighted by molar-refractivity contribution is 6.42. The molecule has 1 aliphatic heterocycles. The minimum absolute atomic E-state index is 0.111. The monoisotopic (exact) mass is 413 g/mol. The van der Waals surface area contributed by atoms with Crippen LogP contribution in [-0.4, -0.2) is 48.0 Å². The maximum atomic E-state index is 13.1. The Balaban J connectivity index is 1.86. The number of carbonyl (C=O) groups is 3. The normalized spacial score (nSPS) is 24.6. The zero-order valence-corrected chi connectivity index (χ0v) is 16.3. The van der Waals surface area contributed by atoms with Crippen molar-refractivity contribution in [3.8, 4) is 0 Å². The van der Waals surface area contributed by atoms with Crippen molar-refractivity contribution in [3.05, 3.63) is 28.2 Å². The molecule has 2 N–H and O–H groups in total. The number of benzene rings is 1. The number of nitrogens with one attached hydrogen (secondary N) is 2. The van der Waals surface area contributed by atoms with Crippen LogP contribution in [0.3, 0.4) is 0 Å². The molecule has 0 aromatic heterocycles. The molecule has 1 aromatic rings. The van der Waals surface area contributed by atoms with E-state index in [1.807, 2.05) is 0 Å². The molecule has 1 aromatic carbocycles. The first-order chi connectivity index (χ1) is 12.9. The van der Waals surface area contributed by atoms with E-state index in [4.69, 9.17) is 27.9 Å². The molecule has 9 heteroatoms. The Kier molecular flexibility index (Phi) is 6.11. The van der Waals surface area contributed by atoms with E-state index < -0.39 is 18.0 Å². The average Bonchev–Trinajstić information content (AvgIpc) is 2.65. The van der Waals surface area contributed by atoms with Crippen LogP contribution < -0.4 is 10.6 Å². The van der Waals surface area contributed by atoms with E-state index in [1.165, 1.54) is 12.0 Å². The summed E-state index contributed by atoms with van der Waals surface area (Å²) in [5.41, 5.74) is 0.463. The highest BCUT2D eigenvalue weighted by Crippen LogP contribution is 2.31. The standard InChI is InChI=1S/C18H21Cl2N3O4/c1-27-16(24)9-15-17(25)22-13-4-2-3-5-14(13)23(15)18(26)21-10-6-7-11(19)12(20)8-10/h6-8,13-15H,2-5,9H2,1H3,(H,21,26)(H,22,25)/t13-,14+,15-/m0/s1. The van der Waals surface area contributed by atoms with E-state index in [9.17, 15) is 14.4 Å². The minimum atomic E-state index is -0.917. The van der Waals surface area contributed by atoms with E-state index in [2.05, 4.69) is 10.6 Å². The lowest BCUT2D eigenvalue weighted by Crippen LogP contribution is -2.68. The predicted octanol–water partition coefficient (Wildman–Crippen LogP) is 3.20. The van der Waals surface area contributed by atoms with Gasteiger partial charge in [0, 0.05) is 11.7 Å². The largest absolute Gasteiger partial charge is 0.469 e. The van der Waals surface area contributed by atoms with Crippen molar-refractivity contribution in [3.63, 3.8) is 0 Å². The van der Waals surface area contributed by atoms with Gasteiger partial charge >= 0.3 is 12.0 Å². The van der Waals surface area contributed by atoms with Gasteiger partial charge in [-0.05, 0) is 31.0 Å². The first kappa shape index (κ1) is 19.8. The quantitative estimate of drug-likeness (QED) is 0.744. The summed E-state index contributed by atoms with van der Waals surface area (Å²) in [4.78, 5) is 38.9. The second-order valence-electron chi connectivity index (χ2n) is 6.73. The summed E-state index contributed by atoms with van der Waals surface area (Å²) in [6.45, 7) is 0. The SMILES string of the molecule is COC(=O)C[C@H]1C(=O)N[C@H]2CCCC[C@H]2N1C(=O)Nc1ccc(Cl)c(Cl)c1. The molecule has 2 fully saturated rings. The summed E-state index contributed by atoms with van der Waals surface area (Å²) in [7, 11) is 1.26. The Morgan fingerprint density at radius 2 is 2.00 bits per heavy atom. The molecule has 0 radical (unpaired) electrons. The van der Waals surface area contributed by atoms with Crippen LogP contribution in [-0.2, 0) is 14.3 Å². The number of fused-ring (bicyclic) bond motifs is 1. The molecule has 1 saturated carbocycles. The Bertz CT molecular complexity index is 758. The van der Waals surface area contributed by atoms with Crippen molar-refractivity contribution in [1.29, 1.82) is 0 Å². The van der Waals surface area contributed by atoms with Crippen molar-refractivity contribution in [2.45, 2.75) is 50.2 Å². The highest BCUT2D eigenvalue weighted by atomic mass is 35.5. The molecule has 1 heterocycles. The molecule has 7 nitrogen and oxygen atoms in total. The smallest absolute Gasteiger partial charge is 0.322 e. The third kappa shape index (κ3) is 4.30. The lowest BCUT2D eigenvalue weighted by atomic mass is 9.85. The summed E-state index contributed by atoms with van der Waals surface area (Å²) in [5.74, 6) is -0.885. The molecule has 27 heavy (non-hydrogen) atoms. The molecule has 3 atom stereocenters. The number of nitrogens with zero attached hydrogens (tertiary/aromatic N) is 1. The van der Waals surface area contributed by atoms with Crippen LogP contribution >= 0.6 is 23.2 Å². The number of urea groups is 1. The topological polar surface area (TPSA) is 87.7 Å². The molecule has 0 unspecified atom stereocenters. The number of halogens is 2. The zero-order valence-electron chi connectivity index (χ0n) is 14.8. The third-order valence-electron chi connectivity index (χ3n) is 5.05. The fourth-order valence-electron chi connectivity index (χ4n) is 3.74. The van der Waals surface area contributed by atoms with Gasteiger partial charge in [0.15, 0.2) is 0 Å². The van der Waals surface area contributed by atoms with Gasteiger partial charge in [-0.3, -0.25) is 9.59 Å². The molecule has 3 amide bonds. The average molecular weight is 414 g/mol. The molecule has 2 aliphatic rings. The van der Waals surface area contributed by atoms with Gasteiger partial charge in [0.25, 0.3) is 0 Å². The van der Waals surface area contributed by atoms with Gasteiger partial charge in [-0.25, -0.2) is 4.79 Å². The van der Waals surface area contributed by atoms with Gasteiger partial charge in [0.1, 0.15) is 6.04 Å². The number of amides is 3. The van der Waals surface area contributed by atoms with E-state index in [0.29, 0.717) is 15.7 Å². The van der Waals surface area contributed by atoms with Gasteiger partial charge < -0.3 is 20.3 Å². The maximum Gasteiger partial charge on any atom is 0.322 e. The first-order valence-electron chi connectivity index (χ1n) is 8.82. The Labute approximate surface area is 167 Å². The molecule has 3 rings (SSSR count). The molecule has 1 saturated heterocycles. The van der Waals surface area contributed by atoms with Crippen molar-refractivity contribution in [2.24, 2.45) is 0 Å². The molecule has 146 valence electrons. The number of rotatable bonds is 3. The second-order valence-corrected chi connectivity index (χ2v) is 7.54. The van der Waals surface area contributed by atoms with Gasteiger partial charge in [0.2, 0.25) is 5.91 Å².